The van der Waals surface area contributed by atoms with E-state index in [1.807, 2.05) is 0 Å². The second kappa shape index (κ2) is 6.91. The van der Waals surface area contributed by atoms with Crippen molar-refractivity contribution in [2.45, 2.75) is 32.7 Å². The lowest BCUT2D eigenvalue weighted by atomic mass is 10.1. The number of fused-ring (bicyclic) bond motifs is 1. The van der Waals surface area contributed by atoms with Gasteiger partial charge in [-0.25, -0.2) is 4.68 Å². The Hall–Kier alpha value is -2.21. The fourth-order valence-electron chi connectivity index (χ4n) is 2.30. The van der Waals surface area contributed by atoms with Gasteiger partial charge in [0.05, 0.1) is 5.39 Å². The predicted octanol–water partition coefficient (Wildman–Crippen LogP) is 1.44. The van der Waals surface area contributed by atoms with Gasteiger partial charge in [-0.3, -0.25) is 9.59 Å². The van der Waals surface area contributed by atoms with E-state index in [2.05, 4.69) is 36.5 Å². The molecule has 1 amide bonds. The first kappa shape index (κ1) is 17.1. The Morgan fingerprint density at radius 2 is 1.83 bits per heavy atom. The van der Waals surface area contributed by atoms with Crippen LogP contribution in [0, 0.1) is 0 Å². The van der Waals surface area contributed by atoms with E-state index in [1.165, 1.54) is 4.68 Å². The maximum Gasteiger partial charge on any atom is 0.274 e. The van der Waals surface area contributed by atoms with Gasteiger partial charge in [0.2, 0.25) is 0 Å². The SMILES string of the molecule is Cn1nc(C(=O)NCCCNC(C)(C)C)c2ccccc2c1=O. The van der Waals surface area contributed by atoms with Crippen molar-refractivity contribution < 1.29 is 4.79 Å². The largest absolute Gasteiger partial charge is 0.351 e. The maximum absolute atomic E-state index is 12.4. The molecule has 23 heavy (non-hydrogen) atoms. The van der Waals surface area contributed by atoms with Crippen molar-refractivity contribution in [2.75, 3.05) is 13.1 Å². The average molecular weight is 316 g/mol. The van der Waals surface area contributed by atoms with E-state index in [0.29, 0.717) is 17.3 Å². The molecule has 0 aliphatic rings. The minimum atomic E-state index is -0.257. The molecule has 0 unspecified atom stereocenters. The van der Waals surface area contributed by atoms with Crippen molar-refractivity contribution >= 4 is 16.7 Å². The second-order valence-corrected chi connectivity index (χ2v) is 6.61. The number of hydrogen-bond donors (Lipinski definition) is 2. The quantitative estimate of drug-likeness (QED) is 0.819. The molecule has 0 atom stereocenters. The number of aryl methyl sites for hydroxylation is 1. The van der Waals surface area contributed by atoms with Crippen LogP contribution in [0.3, 0.4) is 0 Å². The summed E-state index contributed by atoms with van der Waals surface area (Å²) in [6.07, 6.45) is 0.826. The van der Waals surface area contributed by atoms with Crippen LogP contribution in [-0.2, 0) is 7.05 Å². The Bertz CT molecular complexity index is 759. The number of nitrogens with zero attached hydrogens (tertiary/aromatic N) is 2. The minimum Gasteiger partial charge on any atom is -0.351 e. The molecule has 0 radical (unpaired) electrons. The number of carbonyl (C=O) groups excluding carboxylic acids is 1. The highest BCUT2D eigenvalue weighted by Gasteiger charge is 2.15. The monoisotopic (exact) mass is 316 g/mol. The molecule has 124 valence electrons. The molecule has 1 heterocycles. The van der Waals surface area contributed by atoms with Gasteiger partial charge < -0.3 is 10.6 Å². The molecule has 2 rings (SSSR count). The Morgan fingerprint density at radius 1 is 1.17 bits per heavy atom. The van der Waals surface area contributed by atoms with Gasteiger partial charge in [0.1, 0.15) is 0 Å². The predicted molar refractivity (Wildman–Crippen MR) is 91.7 cm³/mol. The van der Waals surface area contributed by atoms with Gasteiger partial charge in [0.15, 0.2) is 5.69 Å². The fourth-order valence-corrected chi connectivity index (χ4v) is 2.30. The van der Waals surface area contributed by atoms with Crippen molar-refractivity contribution in [1.82, 2.24) is 20.4 Å². The summed E-state index contributed by atoms with van der Waals surface area (Å²) < 4.78 is 1.21. The van der Waals surface area contributed by atoms with Crippen molar-refractivity contribution in [3.8, 4) is 0 Å². The number of hydrogen-bond acceptors (Lipinski definition) is 4. The van der Waals surface area contributed by atoms with E-state index < -0.39 is 0 Å². The maximum atomic E-state index is 12.4. The minimum absolute atomic E-state index is 0.0689. The topological polar surface area (TPSA) is 76.0 Å². The summed E-state index contributed by atoms with van der Waals surface area (Å²) in [5.74, 6) is -0.257. The number of carbonyl (C=O) groups is 1. The normalized spacial score (nSPS) is 11.7. The first-order valence-electron chi connectivity index (χ1n) is 7.79. The first-order chi connectivity index (χ1) is 10.8. The highest BCUT2D eigenvalue weighted by Crippen LogP contribution is 2.12. The van der Waals surface area contributed by atoms with E-state index in [4.69, 9.17) is 0 Å². The van der Waals surface area contributed by atoms with Crippen molar-refractivity contribution in [1.29, 1.82) is 0 Å². The lowest BCUT2D eigenvalue weighted by molar-refractivity contribution is 0.0948. The number of rotatable bonds is 5. The van der Waals surface area contributed by atoms with E-state index in [1.54, 1.807) is 31.3 Å². The van der Waals surface area contributed by atoms with Gasteiger partial charge in [-0.05, 0) is 39.8 Å². The van der Waals surface area contributed by atoms with Crippen LogP contribution in [0.4, 0.5) is 0 Å². The molecule has 0 fully saturated rings. The molecular formula is C17H24N4O2. The fraction of sp³-hybridized carbons (Fsp3) is 0.471. The summed E-state index contributed by atoms with van der Waals surface area (Å²) in [5.41, 5.74) is 0.150. The highest BCUT2D eigenvalue weighted by molar-refractivity contribution is 6.04. The Kier molecular flexibility index (Phi) is 5.15. The van der Waals surface area contributed by atoms with Crippen LogP contribution >= 0.6 is 0 Å². The highest BCUT2D eigenvalue weighted by atomic mass is 16.2. The van der Waals surface area contributed by atoms with Crippen LogP contribution in [0.5, 0.6) is 0 Å². The zero-order valence-electron chi connectivity index (χ0n) is 14.1. The molecule has 0 spiro atoms. The average Bonchev–Trinajstić information content (AvgIpc) is 2.49. The van der Waals surface area contributed by atoms with E-state index in [9.17, 15) is 9.59 Å². The summed E-state index contributed by atoms with van der Waals surface area (Å²) in [6.45, 7) is 7.69. The molecule has 1 aromatic heterocycles. The van der Waals surface area contributed by atoms with Crippen molar-refractivity contribution in [3.63, 3.8) is 0 Å². The number of aromatic nitrogens is 2. The molecule has 2 N–H and O–H groups in total. The number of amides is 1. The Labute approximate surface area is 135 Å². The molecule has 0 aliphatic carbocycles. The van der Waals surface area contributed by atoms with Crippen LogP contribution in [0.1, 0.15) is 37.7 Å². The smallest absolute Gasteiger partial charge is 0.274 e. The second-order valence-electron chi connectivity index (χ2n) is 6.61. The molecular weight excluding hydrogens is 292 g/mol. The molecule has 0 aliphatic heterocycles. The molecule has 2 aromatic rings. The van der Waals surface area contributed by atoms with Crippen LogP contribution in [0.2, 0.25) is 0 Å². The van der Waals surface area contributed by atoms with Crippen LogP contribution in [0.15, 0.2) is 29.1 Å². The summed E-state index contributed by atoms with van der Waals surface area (Å²) >= 11 is 0. The molecule has 6 nitrogen and oxygen atoms in total. The van der Waals surface area contributed by atoms with Crippen molar-refractivity contribution in [2.24, 2.45) is 7.05 Å². The Balaban J connectivity index is 2.07. The van der Waals surface area contributed by atoms with Crippen LogP contribution in [-0.4, -0.2) is 34.3 Å². The van der Waals surface area contributed by atoms with Gasteiger partial charge in [-0.1, -0.05) is 18.2 Å². The molecule has 0 saturated heterocycles. The molecule has 0 saturated carbocycles. The van der Waals surface area contributed by atoms with Gasteiger partial charge >= 0.3 is 0 Å². The zero-order chi connectivity index (χ0) is 17.0. The molecule has 1 aromatic carbocycles. The lowest BCUT2D eigenvalue weighted by Gasteiger charge is -2.20. The van der Waals surface area contributed by atoms with Crippen LogP contribution < -0.4 is 16.2 Å². The van der Waals surface area contributed by atoms with E-state index in [0.717, 1.165) is 13.0 Å². The third-order valence-electron chi connectivity index (χ3n) is 3.47. The van der Waals surface area contributed by atoms with E-state index in [-0.39, 0.29) is 22.7 Å². The Morgan fingerprint density at radius 3 is 2.48 bits per heavy atom. The molecule has 6 heteroatoms. The van der Waals surface area contributed by atoms with Gasteiger partial charge in [-0.15, -0.1) is 0 Å². The van der Waals surface area contributed by atoms with Gasteiger partial charge in [-0.2, -0.15) is 5.10 Å². The summed E-state index contributed by atoms with van der Waals surface area (Å²) in [5, 5.41) is 11.4. The molecule has 0 bridgehead atoms. The third kappa shape index (κ3) is 4.39. The summed E-state index contributed by atoms with van der Waals surface area (Å²) in [6, 6.07) is 7.04. The third-order valence-corrected chi connectivity index (χ3v) is 3.47. The number of nitrogens with one attached hydrogen (secondary N) is 2. The summed E-state index contributed by atoms with van der Waals surface area (Å²) in [4.78, 5) is 24.4. The van der Waals surface area contributed by atoms with Crippen molar-refractivity contribution in [3.05, 3.63) is 40.3 Å². The first-order valence-corrected chi connectivity index (χ1v) is 7.79. The lowest BCUT2D eigenvalue weighted by Crippen LogP contribution is -2.38. The number of benzene rings is 1. The standard InChI is InChI=1S/C17H24N4O2/c1-17(2,3)19-11-7-10-18-15(22)14-12-8-5-6-9-13(12)16(23)21(4)20-14/h5-6,8-9,19H,7,10-11H2,1-4H3,(H,18,22). The van der Waals surface area contributed by atoms with Gasteiger partial charge in [0, 0.05) is 24.5 Å². The summed E-state index contributed by atoms with van der Waals surface area (Å²) in [7, 11) is 1.55. The zero-order valence-corrected chi connectivity index (χ0v) is 14.1. The van der Waals surface area contributed by atoms with E-state index >= 15 is 0 Å². The van der Waals surface area contributed by atoms with Gasteiger partial charge in [0.25, 0.3) is 11.5 Å². The van der Waals surface area contributed by atoms with Crippen LogP contribution in [0.25, 0.3) is 10.8 Å².